The van der Waals surface area contributed by atoms with E-state index in [0.29, 0.717) is 10.0 Å². The molecule has 0 radical (unpaired) electrons. The van der Waals surface area contributed by atoms with Crippen LogP contribution in [0.25, 0.3) is 0 Å². The minimum Gasteiger partial charge on any atom is -0.478 e. The highest BCUT2D eigenvalue weighted by molar-refractivity contribution is 9.10. The fourth-order valence-electron chi connectivity index (χ4n) is 1.38. The van der Waals surface area contributed by atoms with Crippen LogP contribution in [-0.4, -0.2) is 33.3 Å². The van der Waals surface area contributed by atoms with Crippen LogP contribution in [-0.2, 0) is 0 Å². The summed E-state index contributed by atoms with van der Waals surface area (Å²) >= 11 is 8.64. The van der Waals surface area contributed by atoms with Gasteiger partial charge in [0.1, 0.15) is 6.10 Å². The topological polar surface area (TPSA) is 77.8 Å². The van der Waals surface area contributed by atoms with E-state index in [2.05, 4.69) is 15.9 Å². The Balaban J connectivity index is 2.95. The third kappa shape index (κ3) is 3.67. The van der Waals surface area contributed by atoms with Crippen molar-refractivity contribution in [3.8, 4) is 0 Å². The molecule has 0 aliphatic carbocycles. The Morgan fingerprint density at radius 1 is 1.41 bits per heavy atom. The van der Waals surface area contributed by atoms with Crippen LogP contribution in [0, 0.1) is 0 Å². The molecule has 0 aromatic heterocycles. The highest BCUT2D eigenvalue weighted by atomic mass is 79.9. The van der Waals surface area contributed by atoms with Crippen LogP contribution in [0.5, 0.6) is 0 Å². The van der Waals surface area contributed by atoms with Crippen molar-refractivity contribution in [3.05, 3.63) is 33.8 Å². The first kappa shape index (κ1) is 14.4. The number of alkyl halides is 1. The average Bonchev–Trinajstić information content (AvgIpc) is 2.28. The maximum Gasteiger partial charge on any atom is 0.335 e. The minimum atomic E-state index is -1.09. The number of benzene rings is 1. The van der Waals surface area contributed by atoms with Crippen LogP contribution in [0.2, 0.25) is 0 Å². The second-order valence-electron chi connectivity index (χ2n) is 3.53. The summed E-state index contributed by atoms with van der Waals surface area (Å²) in [4.78, 5) is 10.7. The van der Waals surface area contributed by atoms with Gasteiger partial charge in [0, 0.05) is 10.4 Å². The Morgan fingerprint density at radius 3 is 2.53 bits per heavy atom. The largest absolute Gasteiger partial charge is 0.478 e. The maximum atomic E-state index is 10.7. The molecule has 0 saturated heterocycles. The number of rotatable bonds is 5. The van der Waals surface area contributed by atoms with Crippen molar-refractivity contribution < 1.29 is 20.1 Å². The summed E-state index contributed by atoms with van der Waals surface area (Å²) in [6.07, 6.45) is -1.80. The van der Waals surface area contributed by atoms with Gasteiger partial charge in [0.25, 0.3) is 0 Å². The lowest BCUT2D eigenvalue weighted by atomic mass is 10.0. The van der Waals surface area contributed by atoms with Crippen LogP contribution < -0.4 is 0 Å². The second-order valence-corrected chi connectivity index (χ2v) is 4.76. The number of carboxylic acid groups (broad SMARTS) is 1. The molecule has 2 unspecified atom stereocenters. The average molecular weight is 324 g/mol. The van der Waals surface area contributed by atoms with Gasteiger partial charge in [-0.3, -0.25) is 0 Å². The summed E-state index contributed by atoms with van der Waals surface area (Å²) in [5, 5.41) is 28.2. The first-order valence-corrected chi connectivity index (χ1v) is 6.25. The molecule has 0 fully saturated rings. The van der Waals surface area contributed by atoms with Gasteiger partial charge in [-0.05, 0) is 24.1 Å². The van der Waals surface area contributed by atoms with Crippen molar-refractivity contribution in [1.82, 2.24) is 0 Å². The van der Waals surface area contributed by atoms with Gasteiger partial charge < -0.3 is 15.3 Å². The molecule has 1 aromatic carbocycles. The number of carboxylic acids is 1. The zero-order valence-electron chi connectivity index (χ0n) is 8.81. The van der Waals surface area contributed by atoms with Crippen LogP contribution in [0.3, 0.4) is 0 Å². The van der Waals surface area contributed by atoms with E-state index in [9.17, 15) is 15.0 Å². The fraction of sp³-hybridized carbons (Fsp3) is 0.364. The van der Waals surface area contributed by atoms with E-state index >= 15 is 0 Å². The predicted molar refractivity (Wildman–Crippen MR) is 67.4 cm³/mol. The van der Waals surface area contributed by atoms with E-state index in [0.717, 1.165) is 0 Å². The molecule has 3 N–H and O–H groups in total. The molecule has 0 spiro atoms. The molecule has 0 aliphatic heterocycles. The van der Waals surface area contributed by atoms with Gasteiger partial charge >= 0.3 is 5.97 Å². The summed E-state index contributed by atoms with van der Waals surface area (Å²) in [5.41, 5.74) is 0.548. The van der Waals surface area contributed by atoms with Crippen molar-refractivity contribution in [2.45, 2.75) is 18.6 Å². The lowest BCUT2D eigenvalue weighted by Gasteiger charge is -2.18. The lowest BCUT2D eigenvalue weighted by Crippen LogP contribution is -2.19. The molecule has 1 rings (SSSR count). The number of halogens is 2. The van der Waals surface area contributed by atoms with E-state index in [1.165, 1.54) is 18.2 Å². The smallest absolute Gasteiger partial charge is 0.335 e. The van der Waals surface area contributed by atoms with E-state index in [-0.39, 0.29) is 17.9 Å². The molecule has 1 aromatic rings. The van der Waals surface area contributed by atoms with Crippen molar-refractivity contribution >= 4 is 33.5 Å². The summed E-state index contributed by atoms with van der Waals surface area (Å²) in [6.45, 7) is 0. The van der Waals surface area contributed by atoms with Crippen LogP contribution >= 0.6 is 27.5 Å². The van der Waals surface area contributed by atoms with Crippen LogP contribution in [0.1, 0.15) is 28.4 Å². The number of aromatic carboxylic acids is 1. The molecular formula is C11H12BrClO4. The molecule has 6 heteroatoms. The Hall–Kier alpha value is -0.620. The molecule has 0 aliphatic rings. The molecule has 4 nitrogen and oxygen atoms in total. The van der Waals surface area contributed by atoms with E-state index in [4.69, 9.17) is 16.7 Å². The zero-order valence-corrected chi connectivity index (χ0v) is 11.1. The van der Waals surface area contributed by atoms with Gasteiger partial charge in [-0.25, -0.2) is 4.79 Å². The second kappa shape index (κ2) is 6.35. The van der Waals surface area contributed by atoms with Gasteiger partial charge in [0.15, 0.2) is 0 Å². The molecule has 0 heterocycles. The summed E-state index contributed by atoms with van der Waals surface area (Å²) in [6, 6.07) is 4.23. The predicted octanol–water partition coefficient (Wildman–Crippen LogP) is 2.17. The zero-order chi connectivity index (χ0) is 13.0. The van der Waals surface area contributed by atoms with Crippen LogP contribution in [0.4, 0.5) is 0 Å². The molecular weight excluding hydrogens is 311 g/mol. The Kier molecular flexibility index (Phi) is 5.39. The fourth-order valence-corrected chi connectivity index (χ4v) is 2.21. The number of hydrogen-bond acceptors (Lipinski definition) is 3. The molecule has 17 heavy (non-hydrogen) atoms. The lowest BCUT2D eigenvalue weighted by molar-refractivity contribution is 0.0165. The van der Waals surface area contributed by atoms with E-state index < -0.39 is 18.2 Å². The van der Waals surface area contributed by atoms with Crippen molar-refractivity contribution in [2.24, 2.45) is 0 Å². The third-order valence-corrected chi connectivity index (χ3v) is 3.24. The SMILES string of the molecule is O=C(O)c1ccc(C(O)C(O)CCCl)c(Br)c1. The summed E-state index contributed by atoms with van der Waals surface area (Å²) in [5.74, 6) is -0.809. The van der Waals surface area contributed by atoms with Gasteiger partial charge in [-0.2, -0.15) is 0 Å². The van der Waals surface area contributed by atoms with Crippen molar-refractivity contribution in [1.29, 1.82) is 0 Å². The number of aliphatic hydroxyl groups is 2. The number of aliphatic hydroxyl groups excluding tert-OH is 2. The minimum absolute atomic E-state index is 0.111. The van der Waals surface area contributed by atoms with Gasteiger partial charge in [-0.15, -0.1) is 11.6 Å². The quantitative estimate of drug-likeness (QED) is 0.726. The first-order valence-electron chi connectivity index (χ1n) is 4.92. The normalized spacial score (nSPS) is 14.4. The number of carbonyl (C=O) groups is 1. The van der Waals surface area contributed by atoms with Gasteiger partial charge in [-0.1, -0.05) is 22.0 Å². The summed E-state index contributed by atoms with van der Waals surface area (Å²) < 4.78 is 0.443. The monoisotopic (exact) mass is 322 g/mol. The third-order valence-electron chi connectivity index (χ3n) is 2.34. The molecule has 0 amide bonds. The molecule has 2 atom stereocenters. The molecule has 0 saturated carbocycles. The highest BCUT2D eigenvalue weighted by Crippen LogP contribution is 2.28. The van der Waals surface area contributed by atoms with E-state index in [1.54, 1.807) is 0 Å². The summed E-state index contributed by atoms with van der Waals surface area (Å²) in [7, 11) is 0. The van der Waals surface area contributed by atoms with Crippen molar-refractivity contribution in [2.75, 3.05) is 5.88 Å². The van der Waals surface area contributed by atoms with Gasteiger partial charge in [0.05, 0.1) is 11.7 Å². The highest BCUT2D eigenvalue weighted by Gasteiger charge is 2.20. The Bertz CT molecular complexity index is 410. The first-order chi connectivity index (χ1) is 7.97. The van der Waals surface area contributed by atoms with E-state index in [1.807, 2.05) is 0 Å². The maximum absolute atomic E-state index is 10.7. The Morgan fingerprint density at radius 2 is 2.06 bits per heavy atom. The number of hydrogen-bond donors (Lipinski definition) is 3. The molecule has 94 valence electrons. The standard InChI is InChI=1S/C11H12BrClO4/c12-8-5-6(11(16)17)1-2-7(8)10(15)9(14)3-4-13/h1-2,5,9-10,14-15H,3-4H2,(H,16,17). The van der Waals surface area contributed by atoms with Crippen LogP contribution in [0.15, 0.2) is 22.7 Å². The van der Waals surface area contributed by atoms with Gasteiger partial charge in [0.2, 0.25) is 0 Å². The Labute approximate surface area is 112 Å². The molecule has 0 bridgehead atoms. The van der Waals surface area contributed by atoms with Crippen molar-refractivity contribution in [3.63, 3.8) is 0 Å².